The van der Waals surface area contributed by atoms with Gasteiger partial charge in [-0.3, -0.25) is 4.79 Å². The number of carbonyl (C=O) groups is 1. The molecule has 1 N–H and O–H groups in total. The van der Waals surface area contributed by atoms with Crippen LogP contribution < -0.4 is 10.1 Å². The van der Waals surface area contributed by atoms with Crippen molar-refractivity contribution in [3.05, 3.63) is 44.3 Å². The van der Waals surface area contributed by atoms with Gasteiger partial charge in [-0.15, -0.1) is 11.3 Å². The SMILES string of the molecule is Cc1ncc(CNC(=O)COc2cc(Cl)ccc2Cl)s1. The molecule has 1 aromatic heterocycles. The average molecular weight is 331 g/mol. The first-order valence-electron chi connectivity index (χ1n) is 5.80. The first-order chi connectivity index (χ1) is 9.54. The summed E-state index contributed by atoms with van der Waals surface area (Å²) in [7, 11) is 0. The molecular formula is C13H12Cl2N2O2S. The summed E-state index contributed by atoms with van der Waals surface area (Å²) < 4.78 is 5.33. The van der Waals surface area contributed by atoms with Crippen molar-refractivity contribution in [2.24, 2.45) is 0 Å². The average Bonchev–Trinajstić information content (AvgIpc) is 2.83. The second-order valence-corrected chi connectivity index (χ2v) is 6.15. The van der Waals surface area contributed by atoms with Gasteiger partial charge in [0.25, 0.3) is 5.91 Å². The number of aromatic nitrogens is 1. The van der Waals surface area contributed by atoms with Crippen LogP contribution in [0, 0.1) is 6.92 Å². The van der Waals surface area contributed by atoms with Crippen molar-refractivity contribution in [2.75, 3.05) is 6.61 Å². The minimum absolute atomic E-state index is 0.113. The number of aryl methyl sites for hydroxylation is 1. The first-order valence-corrected chi connectivity index (χ1v) is 7.37. The highest BCUT2D eigenvalue weighted by Crippen LogP contribution is 2.27. The van der Waals surface area contributed by atoms with Gasteiger partial charge in [-0.25, -0.2) is 4.98 Å². The standard InChI is InChI=1S/C13H12Cl2N2O2S/c1-8-16-5-10(20-8)6-17-13(18)7-19-12-4-9(14)2-3-11(12)15/h2-5H,6-7H2,1H3,(H,17,18). The van der Waals surface area contributed by atoms with Crippen molar-refractivity contribution < 1.29 is 9.53 Å². The number of nitrogens with zero attached hydrogens (tertiary/aromatic N) is 1. The van der Waals surface area contributed by atoms with Crippen LogP contribution >= 0.6 is 34.5 Å². The number of nitrogens with one attached hydrogen (secondary N) is 1. The lowest BCUT2D eigenvalue weighted by Gasteiger charge is -2.08. The van der Waals surface area contributed by atoms with Crippen molar-refractivity contribution in [2.45, 2.75) is 13.5 Å². The zero-order valence-electron chi connectivity index (χ0n) is 10.7. The second kappa shape index (κ2) is 6.92. The maximum Gasteiger partial charge on any atom is 0.258 e. The summed E-state index contributed by atoms with van der Waals surface area (Å²) in [5.41, 5.74) is 0. The normalized spacial score (nSPS) is 10.3. The Morgan fingerprint density at radius 2 is 2.25 bits per heavy atom. The van der Waals surface area contributed by atoms with E-state index in [2.05, 4.69) is 10.3 Å². The Hall–Kier alpha value is -1.30. The molecule has 0 radical (unpaired) electrons. The Balaban J connectivity index is 1.81. The molecule has 4 nitrogen and oxygen atoms in total. The van der Waals surface area contributed by atoms with E-state index in [1.165, 1.54) is 0 Å². The highest BCUT2D eigenvalue weighted by Gasteiger charge is 2.07. The fraction of sp³-hybridized carbons (Fsp3) is 0.231. The van der Waals surface area contributed by atoms with E-state index < -0.39 is 0 Å². The molecule has 0 spiro atoms. The van der Waals surface area contributed by atoms with E-state index in [1.807, 2.05) is 6.92 Å². The van der Waals surface area contributed by atoms with Gasteiger partial charge in [0.1, 0.15) is 5.75 Å². The lowest BCUT2D eigenvalue weighted by Crippen LogP contribution is -2.28. The zero-order valence-corrected chi connectivity index (χ0v) is 13.0. The first kappa shape index (κ1) is 15.1. The van der Waals surface area contributed by atoms with Gasteiger partial charge in [0.2, 0.25) is 0 Å². The van der Waals surface area contributed by atoms with Gasteiger partial charge in [-0.2, -0.15) is 0 Å². The van der Waals surface area contributed by atoms with Crippen molar-refractivity contribution in [3.63, 3.8) is 0 Å². The molecule has 1 aromatic carbocycles. The lowest BCUT2D eigenvalue weighted by atomic mass is 10.3. The summed E-state index contributed by atoms with van der Waals surface area (Å²) in [6, 6.07) is 4.85. The van der Waals surface area contributed by atoms with Crippen LogP contribution in [0.1, 0.15) is 9.88 Å². The molecule has 0 bridgehead atoms. The summed E-state index contributed by atoms with van der Waals surface area (Å²) >= 11 is 13.3. The monoisotopic (exact) mass is 330 g/mol. The quantitative estimate of drug-likeness (QED) is 0.913. The Kier molecular flexibility index (Phi) is 5.23. The van der Waals surface area contributed by atoms with E-state index in [-0.39, 0.29) is 12.5 Å². The molecule has 0 aliphatic rings. The van der Waals surface area contributed by atoms with E-state index in [0.29, 0.717) is 22.3 Å². The van der Waals surface area contributed by atoms with Gasteiger partial charge in [0.15, 0.2) is 6.61 Å². The van der Waals surface area contributed by atoms with Gasteiger partial charge in [0, 0.05) is 22.2 Å². The number of benzene rings is 1. The van der Waals surface area contributed by atoms with Crippen LogP contribution in [0.25, 0.3) is 0 Å². The predicted molar refractivity (Wildman–Crippen MR) is 80.7 cm³/mol. The number of rotatable bonds is 5. The van der Waals surface area contributed by atoms with Crippen LogP contribution in [0.5, 0.6) is 5.75 Å². The Morgan fingerprint density at radius 3 is 2.95 bits per heavy atom. The molecule has 0 saturated heterocycles. The molecule has 7 heteroatoms. The Labute approximate surface area is 130 Å². The number of amides is 1. The van der Waals surface area contributed by atoms with Crippen molar-refractivity contribution in [1.82, 2.24) is 10.3 Å². The number of hydrogen-bond donors (Lipinski definition) is 1. The van der Waals surface area contributed by atoms with Gasteiger partial charge in [0.05, 0.1) is 16.6 Å². The number of halogens is 2. The van der Waals surface area contributed by atoms with Crippen LogP contribution in [0.2, 0.25) is 10.0 Å². The second-order valence-electron chi connectivity index (χ2n) is 3.99. The molecule has 1 amide bonds. The fourth-order valence-electron chi connectivity index (χ4n) is 1.45. The number of ether oxygens (including phenoxy) is 1. The van der Waals surface area contributed by atoms with Gasteiger partial charge in [-0.05, 0) is 19.1 Å². The summed E-state index contributed by atoms with van der Waals surface area (Å²) in [4.78, 5) is 16.8. The van der Waals surface area contributed by atoms with Crippen molar-refractivity contribution in [1.29, 1.82) is 0 Å². The van der Waals surface area contributed by atoms with Gasteiger partial charge < -0.3 is 10.1 Å². The molecule has 106 valence electrons. The third-order valence-electron chi connectivity index (χ3n) is 2.38. The summed E-state index contributed by atoms with van der Waals surface area (Å²) in [6.45, 7) is 2.25. The molecule has 20 heavy (non-hydrogen) atoms. The molecule has 0 atom stereocenters. The predicted octanol–water partition coefficient (Wildman–Crippen LogP) is 3.45. The molecule has 0 saturated carbocycles. The Morgan fingerprint density at radius 1 is 1.45 bits per heavy atom. The van der Waals surface area contributed by atoms with E-state index in [4.69, 9.17) is 27.9 Å². The molecular weight excluding hydrogens is 319 g/mol. The largest absolute Gasteiger partial charge is 0.482 e. The smallest absolute Gasteiger partial charge is 0.258 e. The molecule has 0 unspecified atom stereocenters. The highest BCUT2D eigenvalue weighted by molar-refractivity contribution is 7.11. The van der Waals surface area contributed by atoms with Crippen molar-refractivity contribution >= 4 is 40.4 Å². The maximum atomic E-state index is 11.7. The fourth-order valence-corrected chi connectivity index (χ4v) is 2.52. The third-order valence-corrected chi connectivity index (χ3v) is 3.84. The van der Waals surface area contributed by atoms with Crippen LogP contribution in [-0.2, 0) is 11.3 Å². The summed E-state index contributed by atoms with van der Waals surface area (Å²) in [6.07, 6.45) is 1.75. The molecule has 2 rings (SSSR count). The van der Waals surface area contributed by atoms with Gasteiger partial charge >= 0.3 is 0 Å². The van der Waals surface area contributed by atoms with E-state index in [0.717, 1.165) is 9.88 Å². The summed E-state index contributed by atoms with van der Waals surface area (Å²) in [5.74, 6) is 0.162. The topological polar surface area (TPSA) is 51.2 Å². The van der Waals surface area contributed by atoms with Crippen LogP contribution in [-0.4, -0.2) is 17.5 Å². The lowest BCUT2D eigenvalue weighted by molar-refractivity contribution is -0.123. The Bertz CT molecular complexity index is 616. The van der Waals surface area contributed by atoms with E-state index >= 15 is 0 Å². The minimum Gasteiger partial charge on any atom is -0.482 e. The van der Waals surface area contributed by atoms with E-state index in [1.54, 1.807) is 35.7 Å². The molecule has 2 aromatic rings. The van der Waals surface area contributed by atoms with Gasteiger partial charge in [-0.1, -0.05) is 23.2 Å². The van der Waals surface area contributed by atoms with Crippen molar-refractivity contribution in [3.8, 4) is 5.75 Å². The summed E-state index contributed by atoms with van der Waals surface area (Å²) in [5, 5.41) is 4.64. The maximum absolute atomic E-state index is 11.7. The molecule has 0 aliphatic heterocycles. The number of hydrogen-bond acceptors (Lipinski definition) is 4. The number of carbonyl (C=O) groups excluding carboxylic acids is 1. The molecule has 0 fully saturated rings. The zero-order chi connectivity index (χ0) is 14.5. The van der Waals surface area contributed by atoms with Crippen LogP contribution in [0.4, 0.5) is 0 Å². The highest BCUT2D eigenvalue weighted by atomic mass is 35.5. The third kappa shape index (κ3) is 4.37. The van der Waals surface area contributed by atoms with Crippen LogP contribution in [0.3, 0.4) is 0 Å². The van der Waals surface area contributed by atoms with E-state index in [9.17, 15) is 4.79 Å². The minimum atomic E-state index is -0.230. The van der Waals surface area contributed by atoms with Crippen LogP contribution in [0.15, 0.2) is 24.4 Å². The number of thiazole rings is 1. The molecule has 1 heterocycles. The molecule has 0 aliphatic carbocycles.